The number of nitrogens with one attached hydrogen (secondary N) is 1. The third-order valence-electron chi connectivity index (χ3n) is 3.49. The largest absolute Gasteiger partial charge is 0.461 e. The fourth-order valence-electron chi connectivity index (χ4n) is 2.51. The second kappa shape index (κ2) is 5.53. The Morgan fingerprint density at radius 3 is 2.64 bits per heavy atom. The summed E-state index contributed by atoms with van der Waals surface area (Å²) in [6.07, 6.45) is 0. The number of carbonyl (C=O) groups excluding carboxylic acids is 3. The Hall–Kier alpha value is -2.22. The predicted molar refractivity (Wildman–Crippen MR) is 81.1 cm³/mol. The van der Waals surface area contributed by atoms with Crippen LogP contribution in [0.4, 0.5) is 5.69 Å². The Balaban J connectivity index is 1.91. The van der Waals surface area contributed by atoms with Crippen molar-refractivity contribution in [1.29, 1.82) is 0 Å². The maximum atomic E-state index is 12.6. The SMILES string of the molecule is CCOC(=O)C1=NN[C@H]2C(=O)N(c3ccc(Br)cc3)C(=O)[C@H]12. The molecule has 0 bridgehead atoms. The summed E-state index contributed by atoms with van der Waals surface area (Å²) in [6.45, 7) is 1.84. The Morgan fingerprint density at radius 2 is 2.00 bits per heavy atom. The van der Waals surface area contributed by atoms with Gasteiger partial charge < -0.3 is 4.74 Å². The molecule has 1 N–H and O–H groups in total. The molecule has 7 nitrogen and oxygen atoms in total. The van der Waals surface area contributed by atoms with Crippen LogP contribution in [0.25, 0.3) is 0 Å². The number of halogens is 1. The molecule has 0 aromatic heterocycles. The highest BCUT2D eigenvalue weighted by atomic mass is 79.9. The first-order valence-electron chi connectivity index (χ1n) is 6.68. The molecule has 1 aromatic carbocycles. The number of carbonyl (C=O) groups is 3. The van der Waals surface area contributed by atoms with E-state index in [4.69, 9.17) is 4.74 Å². The van der Waals surface area contributed by atoms with Crippen LogP contribution in [0.2, 0.25) is 0 Å². The second-order valence-electron chi connectivity index (χ2n) is 4.79. The molecule has 0 radical (unpaired) electrons. The molecule has 114 valence electrons. The molecule has 0 aliphatic carbocycles. The van der Waals surface area contributed by atoms with Gasteiger partial charge in [0.05, 0.1) is 12.3 Å². The van der Waals surface area contributed by atoms with Crippen LogP contribution in [-0.4, -0.2) is 36.1 Å². The summed E-state index contributed by atoms with van der Waals surface area (Å²) in [6, 6.07) is 5.93. The highest BCUT2D eigenvalue weighted by molar-refractivity contribution is 9.10. The molecule has 2 aliphatic heterocycles. The standard InChI is InChI=1S/C14H12BrN3O4/c1-2-22-14(21)11-9-10(16-17-11)13(20)18(12(9)19)8-5-3-7(15)4-6-8/h3-6,9-10,16H,2H2,1H3/t9-,10+/m0/s1. The van der Waals surface area contributed by atoms with Gasteiger partial charge in [0.1, 0.15) is 12.0 Å². The van der Waals surface area contributed by atoms with Gasteiger partial charge in [-0.05, 0) is 31.2 Å². The average molecular weight is 366 g/mol. The van der Waals surface area contributed by atoms with Gasteiger partial charge in [-0.15, -0.1) is 0 Å². The zero-order chi connectivity index (χ0) is 15.9. The Kier molecular flexibility index (Phi) is 3.69. The van der Waals surface area contributed by atoms with Gasteiger partial charge in [0.2, 0.25) is 5.91 Å². The van der Waals surface area contributed by atoms with Crippen molar-refractivity contribution in [2.45, 2.75) is 13.0 Å². The number of fused-ring (bicyclic) bond motifs is 1. The molecule has 2 heterocycles. The summed E-state index contributed by atoms with van der Waals surface area (Å²) in [5, 5.41) is 3.80. The number of nitrogens with zero attached hydrogens (tertiary/aromatic N) is 2. The van der Waals surface area contributed by atoms with Crippen LogP contribution in [0.5, 0.6) is 0 Å². The molecule has 0 saturated carbocycles. The summed E-state index contributed by atoms with van der Waals surface area (Å²) >= 11 is 3.30. The topological polar surface area (TPSA) is 88.1 Å². The van der Waals surface area contributed by atoms with Crippen LogP contribution < -0.4 is 10.3 Å². The van der Waals surface area contributed by atoms with Crippen molar-refractivity contribution < 1.29 is 19.1 Å². The highest BCUT2D eigenvalue weighted by Gasteiger charge is 2.55. The maximum absolute atomic E-state index is 12.6. The summed E-state index contributed by atoms with van der Waals surface area (Å²) in [7, 11) is 0. The van der Waals surface area contributed by atoms with Gasteiger partial charge in [-0.2, -0.15) is 5.10 Å². The average Bonchev–Trinajstić information content (AvgIpc) is 3.03. The van der Waals surface area contributed by atoms with Gasteiger partial charge in [0.25, 0.3) is 5.91 Å². The first kappa shape index (κ1) is 14.7. The number of hydrazone groups is 1. The number of amides is 2. The maximum Gasteiger partial charge on any atom is 0.355 e. The smallest absolute Gasteiger partial charge is 0.355 e. The molecular formula is C14H12BrN3O4. The van der Waals surface area contributed by atoms with Gasteiger partial charge in [0.15, 0.2) is 5.71 Å². The van der Waals surface area contributed by atoms with E-state index in [1.165, 1.54) is 0 Å². The van der Waals surface area contributed by atoms with Crippen molar-refractivity contribution in [3.05, 3.63) is 28.7 Å². The molecule has 3 rings (SSSR count). The van der Waals surface area contributed by atoms with E-state index in [2.05, 4.69) is 26.5 Å². The number of rotatable bonds is 3. The monoisotopic (exact) mass is 365 g/mol. The van der Waals surface area contributed by atoms with E-state index in [0.29, 0.717) is 5.69 Å². The van der Waals surface area contributed by atoms with Crippen LogP contribution in [0.3, 0.4) is 0 Å². The summed E-state index contributed by atoms with van der Waals surface area (Å²) < 4.78 is 5.71. The molecular weight excluding hydrogens is 354 g/mol. The number of anilines is 1. The molecule has 1 saturated heterocycles. The second-order valence-corrected chi connectivity index (χ2v) is 5.71. The van der Waals surface area contributed by atoms with Crippen molar-refractivity contribution in [3.63, 3.8) is 0 Å². The van der Waals surface area contributed by atoms with Gasteiger partial charge in [0, 0.05) is 4.47 Å². The van der Waals surface area contributed by atoms with E-state index in [1.54, 1.807) is 31.2 Å². The van der Waals surface area contributed by atoms with Gasteiger partial charge >= 0.3 is 5.97 Å². The number of hydrogen-bond donors (Lipinski definition) is 1. The molecule has 8 heteroatoms. The van der Waals surface area contributed by atoms with Crippen molar-refractivity contribution in [3.8, 4) is 0 Å². The summed E-state index contributed by atoms with van der Waals surface area (Å²) in [4.78, 5) is 37.9. The Bertz CT molecular complexity index is 686. The van der Waals surface area contributed by atoms with Crippen LogP contribution in [-0.2, 0) is 19.1 Å². The quantitative estimate of drug-likeness (QED) is 0.633. The molecule has 2 aliphatic rings. The van der Waals surface area contributed by atoms with Crippen LogP contribution in [0, 0.1) is 5.92 Å². The lowest BCUT2D eigenvalue weighted by Crippen LogP contribution is -2.36. The zero-order valence-corrected chi connectivity index (χ0v) is 13.2. The number of imide groups is 1. The van der Waals surface area contributed by atoms with E-state index in [-0.39, 0.29) is 12.3 Å². The summed E-state index contributed by atoms with van der Waals surface area (Å²) in [5.74, 6) is -2.52. The van der Waals surface area contributed by atoms with E-state index >= 15 is 0 Å². The Morgan fingerprint density at radius 1 is 1.32 bits per heavy atom. The molecule has 22 heavy (non-hydrogen) atoms. The number of benzene rings is 1. The van der Waals surface area contributed by atoms with Crippen molar-refractivity contribution in [2.24, 2.45) is 11.0 Å². The van der Waals surface area contributed by atoms with Crippen LogP contribution in [0.15, 0.2) is 33.8 Å². The minimum absolute atomic E-state index is 0.0511. The fourth-order valence-corrected chi connectivity index (χ4v) is 2.77. The minimum atomic E-state index is -0.935. The lowest BCUT2D eigenvalue weighted by molar-refractivity contribution is -0.136. The molecule has 0 unspecified atom stereocenters. The third kappa shape index (κ3) is 2.19. The van der Waals surface area contributed by atoms with Gasteiger partial charge in [-0.3, -0.25) is 15.0 Å². The normalized spacial score (nSPS) is 23.2. The van der Waals surface area contributed by atoms with E-state index in [9.17, 15) is 14.4 Å². The summed E-state index contributed by atoms with van der Waals surface area (Å²) in [5.41, 5.74) is 2.97. The van der Waals surface area contributed by atoms with Gasteiger partial charge in [-0.25, -0.2) is 9.69 Å². The highest BCUT2D eigenvalue weighted by Crippen LogP contribution is 2.31. The molecule has 1 fully saturated rings. The van der Waals surface area contributed by atoms with E-state index in [1.807, 2.05) is 0 Å². The predicted octanol–water partition coefficient (Wildman–Crippen LogP) is 0.829. The molecule has 0 spiro atoms. The third-order valence-corrected chi connectivity index (χ3v) is 4.02. The molecule has 2 amide bonds. The Labute approximate surface area is 134 Å². The van der Waals surface area contributed by atoms with Crippen molar-refractivity contribution in [2.75, 3.05) is 11.5 Å². The molecule has 1 aromatic rings. The molecule has 2 atom stereocenters. The fraction of sp³-hybridized carbons (Fsp3) is 0.286. The van der Waals surface area contributed by atoms with Crippen molar-refractivity contribution in [1.82, 2.24) is 5.43 Å². The van der Waals surface area contributed by atoms with Gasteiger partial charge in [-0.1, -0.05) is 15.9 Å². The lowest BCUT2D eigenvalue weighted by atomic mass is 9.99. The number of ether oxygens (including phenoxy) is 1. The van der Waals surface area contributed by atoms with Crippen LogP contribution in [0.1, 0.15) is 6.92 Å². The van der Waals surface area contributed by atoms with E-state index < -0.39 is 29.7 Å². The lowest BCUT2D eigenvalue weighted by Gasteiger charge is -2.15. The first-order valence-corrected chi connectivity index (χ1v) is 7.47. The number of hydrogen-bond acceptors (Lipinski definition) is 6. The first-order chi connectivity index (χ1) is 10.5. The van der Waals surface area contributed by atoms with Crippen molar-refractivity contribution >= 4 is 45.1 Å². The zero-order valence-electron chi connectivity index (χ0n) is 11.6. The van der Waals surface area contributed by atoms with Crippen LogP contribution >= 0.6 is 15.9 Å². The number of esters is 1. The minimum Gasteiger partial charge on any atom is -0.461 e. The van der Waals surface area contributed by atoms with E-state index in [0.717, 1.165) is 9.37 Å².